The fourth-order valence-electron chi connectivity index (χ4n) is 2.39. The van der Waals surface area contributed by atoms with E-state index >= 15 is 0 Å². The van der Waals surface area contributed by atoms with Crippen molar-refractivity contribution in [2.24, 2.45) is 5.41 Å². The molecule has 0 fully saturated rings. The number of likely N-dealkylation sites (N-methyl/N-ethyl adjacent to an activating group) is 1. The first-order chi connectivity index (χ1) is 12.2. The molecule has 1 heterocycles. The molecular weight excluding hydrogens is 340 g/mol. The van der Waals surface area contributed by atoms with Crippen LogP contribution in [-0.4, -0.2) is 35.3 Å². The number of nitrogens with one attached hydrogen (secondary N) is 1. The van der Waals surface area contributed by atoms with Crippen LogP contribution in [0, 0.1) is 17.0 Å². The molecule has 0 aliphatic heterocycles. The Bertz CT molecular complexity index is 795. The SMILES string of the molecule is CN(CCc1ccncc1)C(=O)C(C)(C)C(=O)Nc1ccc(F)cc1F. The predicted molar refractivity (Wildman–Crippen MR) is 94.3 cm³/mol. The molecule has 0 bridgehead atoms. The van der Waals surface area contributed by atoms with Crippen molar-refractivity contribution >= 4 is 17.5 Å². The maximum atomic E-state index is 13.7. The second-order valence-electron chi connectivity index (χ2n) is 6.54. The van der Waals surface area contributed by atoms with Crippen LogP contribution in [0.4, 0.5) is 14.5 Å². The Morgan fingerprint density at radius 2 is 1.81 bits per heavy atom. The zero-order valence-corrected chi connectivity index (χ0v) is 14.9. The molecule has 0 saturated carbocycles. The molecule has 0 aliphatic carbocycles. The van der Waals surface area contributed by atoms with Gasteiger partial charge < -0.3 is 10.2 Å². The van der Waals surface area contributed by atoms with E-state index in [1.807, 2.05) is 12.1 Å². The summed E-state index contributed by atoms with van der Waals surface area (Å²) in [6.45, 7) is 3.36. The van der Waals surface area contributed by atoms with Crippen molar-refractivity contribution in [1.29, 1.82) is 0 Å². The molecule has 2 rings (SSSR count). The van der Waals surface area contributed by atoms with Gasteiger partial charge in [0.05, 0.1) is 5.69 Å². The number of halogens is 2. The average molecular weight is 361 g/mol. The molecule has 1 aromatic heterocycles. The van der Waals surface area contributed by atoms with E-state index in [4.69, 9.17) is 0 Å². The van der Waals surface area contributed by atoms with E-state index in [-0.39, 0.29) is 5.69 Å². The van der Waals surface area contributed by atoms with Crippen molar-refractivity contribution in [3.05, 3.63) is 59.9 Å². The number of aromatic nitrogens is 1. The van der Waals surface area contributed by atoms with Gasteiger partial charge in [0.25, 0.3) is 0 Å². The van der Waals surface area contributed by atoms with E-state index in [1.54, 1.807) is 19.4 Å². The molecule has 2 aromatic rings. The molecule has 7 heteroatoms. The first-order valence-electron chi connectivity index (χ1n) is 8.13. The van der Waals surface area contributed by atoms with Crippen LogP contribution in [0.2, 0.25) is 0 Å². The number of carbonyl (C=O) groups excluding carboxylic acids is 2. The lowest BCUT2D eigenvalue weighted by atomic mass is 9.90. The molecule has 0 radical (unpaired) electrons. The van der Waals surface area contributed by atoms with E-state index in [9.17, 15) is 18.4 Å². The lowest BCUT2D eigenvalue weighted by Crippen LogP contribution is -2.46. The van der Waals surface area contributed by atoms with Crippen molar-refractivity contribution in [3.8, 4) is 0 Å². The first kappa shape index (κ1) is 19.5. The van der Waals surface area contributed by atoms with Gasteiger partial charge >= 0.3 is 0 Å². The number of rotatable bonds is 6. The molecule has 0 aliphatic rings. The van der Waals surface area contributed by atoms with Crippen LogP contribution in [0.1, 0.15) is 19.4 Å². The maximum absolute atomic E-state index is 13.7. The monoisotopic (exact) mass is 361 g/mol. The molecule has 1 aromatic carbocycles. The highest BCUT2D eigenvalue weighted by molar-refractivity contribution is 6.09. The third-order valence-corrected chi connectivity index (χ3v) is 4.11. The fraction of sp³-hybridized carbons (Fsp3) is 0.316. The summed E-state index contributed by atoms with van der Waals surface area (Å²) < 4.78 is 26.7. The molecule has 1 N–H and O–H groups in total. The summed E-state index contributed by atoms with van der Waals surface area (Å²) in [5, 5.41) is 2.35. The molecule has 138 valence electrons. The lowest BCUT2D eigenvalue weighted by Gasteiger charge is -2.28. The Balaban J connectivity index is 2.02. The minimum Gasteiger partial charge on any atom is -0.345 e. The van der Waals surface area contributed by atoms with E-state index in [0.717, 1.165) is 17.7 Å². The van der Waals surface area contributed by atoms with Crippen LogP contribution in [0.25, 0.3) is 0 Å². The highest BCUT2D eigenvalue weighted by Gasteiger charge is 2.38. The summed E-state index contributed by atoms with van der Waals surface area (Å²) in [5.41, 5.74) is -0.555. The summed E-state index contributed by atoms with van der Waals surface area (Å²) in [6.07, 6.45) is 3.96. The predicted octanol–water partition coefficient (Wildman–Crippen LogP) is 3.03. The quantitative estimate of drug-likeness (QED) is 0.805. The van der Waals surface area contributed by atoms with Crippen molar-refractivity contribution < 1.29 is 18.4 Å². The highest BCUT2D eigenvalue weighted by Crippen LogP contribution is 2.23. The number of carbonyl (C=O) groups is 2. The van der Waals surface area contributed by atoms with Crippen LogP contribution >= 0.6 is 0 Å². The zero-order chi connectivity index (χ0) is 19.3. The third kappa shape index (κ3) is 4.62. The Hall–Kier alpha value is -2.83. The molecule has 0 unspecified atom stereocenters. The van der Waals surface area contributed by atoms with Crippen molar-refractivity contribution in [2.45, 2.75) is 20.3 Å². The zero-order valence-electron chi connectivity index (χ0n) is 14.9. The number of nitrogens with zero attached hydrogens (tertiary/aromatic N) is 2. The Morgan fingerprint density at radius 3 is 2.42 bits per heavy atom. The number of amides is 2. The van der Waals surface area contributed by atoms with Crippen molar-refractivity contribution in [1.82, 2.24) is 9.88 Å². The molecular formula is C19H21F2N3O2. The van der Waals surface area contributed by atoms with Crippen LogP contribution < -0.4 is 5.32 Å². The smallest absolute Gasteiger partial charge is 0.239 e. The highest BCUT2D eigenvalue weighted by atomic mass is 19.1. The van der Waals surface area contributed by atoms with E-state index in [0.29, 0.717) is 19.0 Å². The minimum absolute atomic E-state index is 0.170. The van der Waals surface area contributed by atoms with Gasteiger partial charge in [-0.1, -0.05) is 0 Å². The van der Waals surface area contributed by atoms with Gasteiger partial charge in [0.2, 0.25) is 11.8 Å². The van der Waals surface area contributed by atoms with Crippen LogP contribution in [-0.2, 0) is 16.0 Å². The summed E-state index contributed by atoms with van der Waals surface area (Å²) in [5.74, 6) is -2.70. The minimum atomic E-state index is -1.41. The second kappa shape index (κ2) is 8.03. The molecule has 2 amide bonds. The Kier molecular flexibility index (Phi) is 6.02. The van der Waals surface area contributed by atoms with Gasteiger partial charge in [-0.25, -0.2) is 8.78 Å². The summed E-state index contributed by atoms with van der Waals surface area (Å²) in [7, 11) is 1.61. The summed E-state index contributed by atoms with van der Waals surface area (Å²) >= 11 is 0. The maximum Gasteiger partial charge on any atom is 0.239 e. The normalized spacial score (nSPS) is 11.1. The molecule has 0 saturated heterocycles. The van der Waals surface area contributed by atoms with Crippen LogP contribution in [0.3, 0.4) is 0 Å². The molecule has 0 atom stereocenters. The second-order valence-corrected chi connectivity index (χ2v) is 6.54. The van der Waals surface area contributed by atoms with Gasteiger partial charge in [-0.05, 0) is 50.1 Å². The topological polar surface area (TPSA) is 62.3 Å². The first-order valence-corrected chi connectivity index (χ1v) is 8.13. The van der Waals surface area contributed by atoms with Crippen LogP contribution in [0.15, 0.2) is 42.7 Å². The van der Waals surface area contributed by atoms with Crippen LogP contribution in [0.5, 0.6) is 0 Å². The number of hydrogen-bond donors (Lipinski definition) is 1. The number of benzene rings is 1. The van der Waals surface area contributed by atoms with E-state index in [2.05, 4.69) is 10.3 Å². The van der Waals surface area contributed by atoms with Gasteiger partial charge in [0.15, 0.2) is 0 Å². The van der Waals surface area contributed by atoms with Gasteiger partial charge in [-0.15, -0.1) is 0 Å². The number of pyridine rings is 1. The molecule has 0 spiro atoms. The number of anilines is 1. The summed E-state index contributed by atoms with van der Waals surface area (Å²) in [4.78, 5) is 30.5. The van der Waals surface area contributed by atoms with E-state index < -0.39 is 28.9 Å². The standard InChI is InChI=1S/C19H21F2N3O2/c1-19(2,17(25)23-16-5-4-14(20)12-15(16)21)18(26)24(3)11-8-13-6-9-22-10-7-13/h4-7,9-10,12H,8,11H2,1-3H3,(H,23,25). The molecule has 26 heavy (non-hydrogen) atoms. The van der Waals surface area contributed by atoms with Gasteiger partial charge in [0, 0.05) is 32.1 Å². The Labute approximate surface area is 151 Å². The van der Waals surface area contributed by atoms with E-state index in [1.165, 1.54) is 18.7 Å². The fourth-order valence-corrected chi connectivity index (χ4v) is 2.39. The van der Waals surface area contributed by atoms with Gasteiger partial charge in [-0.3, -0.25) is 14.6 Å². The van der Waals surface area contributed by atoms with Crippen molar-refractivity contribution in [3.63, 3.8) is 0 Å². The lowest BCUT2D eigenvalue weighted by molar-refractivity contribution is -0.145. The number of hydrogen-bond acceptors (Lipinski definition) is 3. The average Bonchev–Trinajstić information content (AvgIpc) is 2.62. The van der Waals surface area contributed by atoms with Gasteiger partial charge in [0.1, 0.15) is 17.0 Å². The Morgan fingerprint density at radius 1 is 1.15 bits per heavy atom. The van der Waals surface area contributed by atoms with Crippen molar-refractivity contribution in [2.75, 3.05) is 18.9 Å². The summed E-state index contributed by atoms with van der Waals surface area (Å²) in [6, 6.07) is 6.54. The third-order valence-electron chi connectivity index (χ3n) is 4.11. The largest absolute Gasteiger partial charge is 0.345 e. The molecule has 5 nitrogen and oxygen atoms in total. The van der Waals surface area contributed by atoms with Gasteiger partial charge in [-0.2, -0.15) is 0 Å².